The Hall–Kier alpha value is -1.36. The molecule has 0 radical (unpaired) electrons. The molecule has 0 fully saturated rings. The topological polar surface area (TPSA) is 75.3 Å². The lowest BCUT2D eigenvalue weighted by Gasteiger charge is -2.16. The summed E-state index contributed by atoms with van der Waals surface area (Å²) in [4.78, 5) is 11.0. The number of aliphatic hydroxyl groups is 1. The summed E-state index contributed by atoms with van der Waals surface area (Å²) in [5, 5.41) is 23.2. The Morgan fingerprint density at radius 3 is 2.71 bits per heavy atom. The van der Waals surface area contributed by atoms with Gasteiger partial charge in [0.05, 0.1) is 18.2 Å². The van der Waals surface area contributed by atoms with Crippen molar-refractivity contribution in [1.29, 1.82) is 0 Å². The highest BCUT2D eigenvalue weighted by atomic mass is 16.4. The number of hydrogen-bond donors (Lipinski definition) is 2. The molecule has 1 rings (SSSR count). The van der Waals surface area contributed by atoms with E-state index in [2.05, 4.69) is 5.10 Å². The molecule has 17 heavy (non-hydrogen) atoms. The number of carbonyl (C=O) groups is 1. The van der Waals surface area contributed by atoms with Crippen molar-refractivity contribution in [2.24, 2.45) is 5.92 Å². The molecule has 1 aromatic heterocycles. The van der Waals surface area contributed by atoms with Crippen LogP contribution in [-0.2, 0) is 11.3 Å². The second-order valence-electron chi connectivity index (χ2n) is 4.21. The van der Waals surface area contributed by atoms with Gasteiger partial charge in [0.1, 0.15) is 0 Å². The second-order valence-corrected chi connectivity index (χ2v) is 4.21. The number of aryl methyl sites for hydroxylation is 1. The molecule has 1 aromatic rings. The molecule has 2 unspecified atom stereocenters. The fraction of sp³-hybridized carbons (Fsp3) is 0.667. The fourth-order valence-electron chi connectivity index (χ4n) is 1.84. The Morgan fingerprint density at radius 2 is 2.18 bits per heavy atom. The molecule has 5 heteroatoms. The number of aliphatic carboxylic acids is 1. The SMILES string of the molecule is CCCC(C(=O)O)C(O)c1cnn(CCC)c1. The van der Waals surface area contributed by atoms with Crippen LogP contribution in [0.2, 0.25) is 0 Å². The van der Waals surface area contributed by atoms with Crippen LogP contribution in [0.25, 0.3) is 0 Å². The first kappa shape index (κ1) is 13.7. The second kappa shape index (κ2) is 6.39. The Labute approximate surface area is 101 Å². The Kier molecular flexibility index (Phi) is 5.15. The molecule has 1 heterocycles. The number of nitrogens with zero attached hydrogens (tertiary/aromatic N) is 2. The minimum Gasteiger partial charge on any atom is -0.481 e. The molecule has 0 amide bonds. The number of rotatable bonds is 7. The van der Waals surface area contributed by atoms with Crippen LogP contribution in [0.5, 0.6) is 0 Å². The molecule has 0 bridgehead atoms. The number of carboxylic acids is 1. The van der Waals surface area contributed by atoms with Crippen molar-refractivity contribution in [3.8, 4) is 0 Å². The van der Waals surface area contributed by atoms with Gasteiger partial charge in [-0.05, 0) is 12.8 Å². The minimum absolute atomic E-state index is 0.468. The number of hydrogen-bond acceptors (Lipinski definition) is 3. The first-order valence-corrected chi connectivity index (χ1v) is 6.03. The van der Waals surface area contributed by atoms with Gasteiger partial charge in [0.2, 0.25) is 0 Å². The fourth-order valence-corrected chi connectivity index (χ4v) is 1.84. The molecule has 0 saturated heterocycles. The quantitative estimate of drug-likeness (QED) is 0.762. The number of aliphatic hydroxyl groups excluding tert-OH is 1. The van der Waals surface area contributed by atoms with Gasteiger partial charge in [0.15, 0.2) is 0 Å². The highest BCUT2D eigenvalue weighted by Gasteiger charge is 2.27. The zero-order valence-corrected chi connectivity index (χ0v) is 10.3. The van der Waals surface area contributed by atoms with Crippen molar-refractivity contribution in [1.82, 2.24) is 9.78 Å². The van der Waals surface area contributed by atoms with E-state index in [4.69, 9.17) is 5.11 Å². The summed E-state index contributed by atoms with van der Waals surface area (Å²) in [7, 11) is 0. The van der Waals surface area contributed by atoms with Crippen LogP contribution in [-0.4, -0.2) is 26.0 Å². The van der Waals surface area contributed by atoms with Gasteiger partial charge in [0.25, 0.3) is 0 Å². The largest absolute Gasteiger partial charge is 0.481 e. The van der Waals surface area contributed by atoms with Crippen LogP contribution in [0.4, 0.5) is 0 Å². The smallest absolute Gasteiger partial charge is 0.309 e. The highest BCUT2D eigenvalue weighted by molar-refractivity contribution is 5.70. The zero-order chi connectivity index (χ0) is 12.8. The van der Waals surface area contributed by atoms with E-state index in [1.165, 1.54) is 0 Å². The van der Waals surface area contributed by atoms with Crippen LogP contribution in [0, 0.1) is 5.92 Å². The van der Waals surface area contributed by atoms with Crippen molar-refractivity contribution in [2.75, 3.05) is 0 Å². The molecular formula is C12H20N2O3. The molecule has 2 atom stereocenters. The third-order valence-corrected chi connectivity index (χ3v) is 2.75. The van der Waals surface area contributed by atoms with Crippen molar-refractivity contribution in [3.05, 3.63) is 18.0 Å². The first-order chi connectivity index (χ1) is 8.10. The summed E-state index contributed by atoms with van der Waals surface area (Å²) in [6.45, 7) is 4.72. The van der Waals surface area contributed by atoms with Crippen LogP contribution < -0.4 is 0 Å². The monoisotopic (exact) mass is 240 g/mol. The summed E-state index contributed by atoms with van der Waals surface area (Å²) in [6, 6.07) is 0. The summed E-state index contributed by atoms with van der Waals surface area (Å²) in [5.74, 6) is -1.71. The lowest BCUT2D eigenvalue weighted by atomic mass is 9.94. The average molecular weight is 240 g/mol. The molecule has 0 saturated carbocycles. The maximum Gasteiger partial charge on any atom is 0.309 e. The van der Waals surface area contributed by atoms with E-state index in [1.807, 2.05) is 13.8 Å². The Bertz CT molecular complexity index is 362. The molecule has 0 aromatic carbocycles. The van der Waals surface area contributed by atoms with E-state index in [1.54, 1.807) is 17.1 Å². The normalized spacial score (nSPS) is 14.5. The lowest BCUT2D eigenvalue weighted by Crippen LogP contribution is -2.21. The van der Waals surface area contributed by atoms with Crippen molar-refractivity contribution < 1.29 is 15.0 Å². The van der Waals surface area contributed by atoms with Crippen LogP contribution >= 0.6 is 0 Å². The number of carboxylic acid groups (broad SMARTS) is 1. The van der Waals surface area contributed by atoms with E-state index in [9.17, 15) is 9.90 Å². The molecule has 2 N–H and O–H groups in total. The molecule has 0 spiro atoms. The van der Waals surface area contributed by atoms with Gasteiger partial charge in [-0.2, -0.15) is 5.10 Å². The average Bonchev–Trinajstić information content (AvgIpc) is 2.73. The summed E-state index contributed by atoms with van der Waals surface area (Å²) >= 11 is 0. The van der Waals surface area contributed by atoms with E-state index >= 15 is 0 Å². The van der Waals surface area contributed by atoms with Gasteiger partial charge in [-0.3, -0.25) is 9.48 Å². The summed E-state index contributed by atoms with van der Waals surface area (Å²) in [6.07, 6.45) is 4.45. The Balaban J connectivity index is 2.77. The molecule has 96 valence electrons. The predicted octanol–water partition coefficient (Wildman–Crippen LogP) is 1.83. The van der Waals surface area contributed by atoms with Gasteiger partial charge < -0.3 is 10.2 Å². The first-order valence-electron chi connectivity index (χ1n) is 6.03. The van der Waals surface area contributed by atoms with Gasteiger partial charge in [-0.25, -0.2) is 0 Å². The molecule has 0 aliphatic rings. The maximum atomic E-state index is 11.0. The lowest BCUT2D eigenvalue weighted by molar-refractivity contribution is -0.146. The molecule has 5 nitrogen and oxygen atoms in total. The van der Waals surface area contributed by atoms with Gasteiger partial charge >= 0.3 is 5.97 Å². The molecule has 0 aliphatic heterocycles. The minimum atomic E-state index is -0.974. The number of aromatic nitrogens is 2. The maximum absolute atomic E-state index is 11.0. The highest BCUT2D eigenvalue weighted by Crippen LogP contribution is 2.25. The predicted molar refractivity (Wildman–Crippen MR) is 63.5 cm³/mol. The molecular weight excluding hydrogens is 220 g/mol. The summed E-state index contributed by atoms with van der Waals surface area (Å²) < 4.78 is 1.73. The standard InChI is InChI=1S/C12H20N2O3/c1-3-5-10(12(16)17)11(15)9-7-13-14(8-9)6-4-2/h7-8,10-11,15H,3-6H2,1-2H3,(H,16,17). The van der Waals surface area contributed by atoms with Gasteiger partial charge in [-0.15, -0.1) is 0 Å². The van der Waals surface area contributed by atoms with E-state index in [0.717, 1.165) is 19.4 Å². The van der Waals surface area contributed by atoms with Crippen molar-refractivity contribution in [3.63, 3.8) is 0 Å². The van der Waals surface area contributed by atoms with Gasteiger partial charge in [0, 0.05) is 18.3 Å². The van der Waals surface area contributed by atoms with E-state index in [0.29, 0.717) is 12.0 Å². The van der Waals surface area contributed by atoms with Crippen LogP contribution in [0.1, 0.15) is 44.8 Å². The van der Waals surface area contributed by atoms with Crippen LogP contribution in [0.3, 0.4) is 0 Å². The molecule has 0 aliphatic carbocycles. The summed E-state index contributed by atoms with van der Waals surface area (Å²) in [5.41, 5.74) is 0.583. The van der Waals surface area contributed by atoms with Gasteiger partial charge in [-0.1, -0.05) is 20.3 Å². The Morgan fingerprint density at radius 1 is 1.47 bits per heavy atom. The van der Waals surface area contributed by atoms with Crippen molar-refractivity contribution in [2.45, 2.75) is 45.8 Å². The van der Waals surface area contributed by atoms with Crippen molar-refractivity contribution >= 4 is 5.97 Å². The third kappa shape index (κ3) is 3.56. The van der Waals surface area contributed by atoms with E-state index < -0.39 is 18.0 Å². The van der Waals surface area contributed by atoms with E-state index in [-0.39, 0.29) is 0 Å². The third-order valence-electron chi connectivity index (χ3n) is 2.75. The zero-order valence-electron chi connectivity index (χ0n) is 10.3. The van der Waals surface area contributed by atoms with Crippen LogP contribution in [0.15, 0.2) is 12.4 Å².